The van der Waals surface area contributed by atoms with Gasteiger partial charge in [0.2, 0.25) is 10.0 Å². The van der Waals surface area contributed by atoms with Crippen molar-refractivity contribution in [3.05, 3.63) is 45.8 Å². The van der Waals surface area contributed by atoms with Crippen molar-refractivity contribution >= 4 is 38.2 Å². The van der Waals surface area contributed by atoms with Crippen LogP contribution in [0, 0.1) is 0 Å². The van der Waals surface area contributed by atoms with Crippen molar-refractivity contribution in [1.29, 1.82) is 0 Å². The number of fused-ring (bicyclic) bond motifs is 1. The van der Waals surface area contributed by atoms with Crippen molar-refractivity contribution in [3.63, 3.8) is 0 Å². The van der Waals surface area contributed by atoms with E-state index >= 15 is 0 Å². The third-order valence-corrected chi connectivity index (χ3v) is 9.41. The Hall–Kier alpha value is -2.27. The van der Waals surface area contributed by atoms with E-state index in [1.165, 1.54) is 47.0 Å². The first-order valence-electron chi connectivity index (χ1n) is 11.7. The monoisotopic (exact) mass is 505 g/mol. The largest absolute Gasteiger partial charge is 0.465 e. The highest BCUT2D eigenvalue weighted by Gasteiger charge is 2.30. The molecule has 1 saturated heterocycles. The Balaban J connectivity index is 1.54. The second-order valence-corrected chi connectivity index (χ2v) is 11.7. The van der Waals surface area contributed by atoms with Crippen LogP contribution in [0.3, 0.4) is 0 Å². The Labute approximate surface area is 204 Å². The average Bonchev–Trinajstić information content (AvgIpc) is 3.21. The SMILES string of the molecule is CCCN1CCc2c(sc(NC(=O)c3ccc(S(=O)(=O)N4CCCCC4)cc3)c2C(=O)OC)C1. The summed E-state index contributed by atoms with van der Waals surface area (Å²) in [7, 11) is -2.22. The van der Waals surface area contributed by atoms with Crippen LogP contribution in [0.4, 0.5) is 5.00 Å². The molecule has 34 heavy (non-hydrogen) atoms. The first-order valence-corrected chi connectivity index (χ1v) is 14.0. The number of carbonyl (C=O) groups excluding carboxylic acids is 2. The molecule has 2 aliphatic rings. The topological polar surface area (TPSA) is 96.0 Å². The van der Waals surface area contributed by atoms with Crippen LogP contribution in [-0.2, 0) is 27.7 Å². The molecule has 0 unspecified atom stereocenters. The van der Waals surface area contributed by atoms with Gasteiger partial charge in [-0.25, -0.2) is 13.2 Å². The van der Waals surface area contributed by atoms with Gasteiger partial charge in [-0.1, -0.05) is 13.3 Å². The Bertz CT molecular complexity index is 1150. The molecule has 184 valence electrons. The van der Waals surface area contributed by atoms with E-state index in [1.807, 2.05) is 0 Å². The Morgan fingerprint density at radius 3 is 2.44 bits per heavy atom. The molecule has 2 aliphatic heterocycles. The van der Waals surface area contributed by atoms with Crippen LogP contribution in [0.5, 0.6) is 0 Å². The number of benzene rings is 1. The molecule has 4 rings (SSSR count). The highest BCUT2D eigenvalue weighted by molar-refractivity contribution is 7.89. The Kier molecular flexibility index (Phi) is 7.71. The summed E-state index contributed by atoms with van der Waals surface area (Å²) in [6, 6.07) is 5.98. The van der Waals surface area contributed by atoms with Crippen LogP contribution in [0.25, 0.3) is 0 Å². The molecule has 0 radical (unpaired) electrons. The maximum atomic E-state index is 13.0. The van der Waals surface area contributed by atoms with Crippen LogP contribution in [-0.4, -0.2) is 62.8 Å². The van der Waals surface area contributed by atoms with Crippen LogP contribution in [0.1, 0.15) is 63.8 Å². The fourth-order valence-electron chi connectivity index (χ4n) is 4.58. The summed E-state index contributed by atoms with van der Waals surface area (Å²) >= 11 is 1.41. The number of methoxy groups -OCH3 is 1. The zero-order valence-corrected chi connectivity index (χ0v) is 21.3. The second kappa shape index (κ2) is 10.6. The Morgan fingerprint density at radius 1 is 1.09 bits per heavy atom. The van der Waals surface area contributed by atoms with Crippen molar-refractivity contribution in [2.24, 2.45) is 0 Å². The van der Waals surface area contributed by atoms with E-state index < -0.39 is 21.9 Å². The highest BCUT2D eigenvalue weighted by atomic mass is 32.2. The summed E-state index contributed by atoms with van der Waals surface area (Å²) in [6.45, 7) is 5.79. The number of piperidine rings is 1. The Morgan fingerprint density at radius 2 is 1.79 bits per heavy atom. The minimum atomic E-state index is -3.56. The van der Waals surface area contributed by atoms with Gasteiger partial charge in [-0.15, -0.1) is 11.3 Å². The number of ether oxygens (including phenoxy) is 1. The number of nitrogens with zero attached hydrogens (tertiary/aromatic N) is 2. The van der Waals surface area contributed by atoms with Gasteiger partial charge in [-0.05, 0) is 62.1 Å². The molecule has 1 aromatic carbocycles. The minimum absolute atomic E-state index is 0.184. The van der Waals surface area contributed by atoms with E-state index in [1.54, 1.807) is 0 Å². The molecule has 0 saturated carbocycles. The predicted octanol–water partition coefficient (Wildman–Crippen LogP) is 3.73. The molecule has 2 aromatic rings. The number of carbonyl (C=O) groups is 2. The summed E-state index contributed by atoms with van der Waals surface area (Å²) in [5.41, 5.74) is 1.70. The van der Waals surface area contributed by atoms with E-state index in [9.17, 15) is 18.0 Å². The number of nitrogens with one attached hydrogen (secondary N) is 1. The van der Waals surface area contributed by atoms with Crippen molar-refractivity contribution in [2.45, 2.75) is 50.5 Å². The number of hydrogen-bond donors (Lipinski definition) is 1. The van der Waals surface area contributed by atoms with Crippen LogP contribution in [0.15, 0.2) is 29.2 Å². The molecule has 0 bridgehead atoms. The van der Waals surface area contributed by atoms with Gasteiger partial charge in [0.25, 0.3) is 5.91 Å². The van der Waals surface area contributed by atoms with Gasteiger partial charge >= 0.3 is 5.97 Å². The number of hydrogen-bond acceptors (Lipinski definition) is 7. The maximum Gasteiger partial charge on any atom is 0.341 e. The number of anilines is 1. The van der Waals surface area contributed by atoms with E-state index in [0.717, 1.165) is 62.2 Å². The average molecular weight is 506 g/mol. The molecule has 1 amide bonds. The molecule has 0 spiro atoms. The molecular weight excluding hydrogens is 474 g/mol. The lowest BCUT2D eigenvalue weighted by atomic mass is 10.0. The number of rotatable bonds is 7. The van der Waals surface area contributed by atoms with Gasteiger partial charge in [-0.2, -0.15) is 4.31 Å². The smallest absolute Gasteiger partial charge is 0.341 e. The summed E-state index contributed by atoms with van der Waals surface area (Å²) in [5, 5.41) is 3.35. The van der Waals surface area contributed by atoms with E-state index in [4.69, 9.17) is 4.74 Å². The number of thiophene rings is 1. The van der Waals surface area contributed by atoms with Crippen molar-refractivity contribution < 1.29 is 22.7 Å². The zero-order valence-electron chi connectivity index (χ0n) is 19.6. The zero-order chi connectivity index (χ0) is 24.3. The molecule has 10 heteroatoms. The third kappa shape index (κ3) is 5.05. The van der Waals surface area contributed by atoms with Crippen LogP contribution < -0.4 is 5.32 Å². The second-order valence-electron chi connectivity index (χ2n) is 8.67. The molecule has 1 aromatic heterocycles. The lowest BCUT2D eigenvalue weighted by molar-refractivity contribution is 0.0600. The van der Waals surface area contributed by atoms with Gasteiger partial charge in [-0.3, -0.25) is 9.69 Å². The van der Waals surface area contributed by atoms with Gasteiger partial charge in [0.05, 0.1) is 17.6 Å². The summed E-state index contributed by atoms with van der Waals surface area (Å²) < 4.78 is 32.2. The first kappa shape index (κ1) is 24.8. The maximum absolute atomic E-state index is 13.0. The molecule has 0 atom stereocenters. The van der Waals surface area contributed by atoms with Crippen LogP contribution >= 0.6 is 11.3 Å². The van der Waals surface area contributed by atoms with Gasteiger partial charge in [0, 0.05) is 36.6 Å². The minimum Gasteiger partial charge on any atom is -0.465 e. The molecule has 3 heterocycles. The quantitative estimate of drug-likeness (QED) is 0.576. The lowest BCUT2D eigenvalue weighted by Gasteiger charge is -2.26. The molecule has 1 N–H and O–H groups in total. The van der Waals surface area contributed by atoms with Gasteiger partial charge < -0.3 is 10.1 Å². The van der Waals surface area contributed by atoms with Crippen molar-refractivity contribution in [2.75, 3.05) is 38.6 Å². The number of amides is 1. The molecule has 8 nitrogen and oxygen atoms in total. The van der Waals surface area contributed by atoms with E-state index in [0.29, 0.717) is 29.2 Å². The van der Waals surface area contributed by atoms with E-state index in [2.05, 4.69) is 17.1 Å². The standard InChI is InChI=1S/C24H31N3O5S2/c1-3-12-26-15-11-19-20(16-26)33-23(21(19)24(29)32-2)25-22(28)17-7-9-18(10-8-17)34(30,31)27-13-5-4-6-14-27/h7-10H,3-6,11-16H2,1-2H3,(H,25,28). The summed E-state index contributed by atoms with van der Waals surface area (Å²) in [4.78, 5) is 29.1. The normalized spacial score (nSPS) is 17.2. The predicted molar refractivity (Wildman–Crippen MR) is 132 cm³/mol. The highest BCUT2D eigenvalue weighted by Crippen LogP contribution is 2.38. The van der Waals surface area contributed by atoms with Crippen LogP contribution in [0.2, 0.25) is 0 Å². The fourth-order valence-corrected chi connectivity index (χ4v) is 7.37. The fraction of sp³-hybridized carbons (Fsp3) is 0.500. The summed E-state index contributed by atoms with van der Waals surface area (Å²) in [6.07, 6.45) is 4.56. The van der Waals surface area contributed by atoms with Gasteiger partial charge in [0.1, 0.15) is 5.00 Å². The number of sulfonamides is 1. The van der Waals surface area contributed by atoms with Gasteiger partial charge in [0.15, 0.2) is 0 Å². The first-order chi connectivity index (χ1) is 16.3. The van der Waals surface area contributed by atoms with Crippen molar-refractivity contribution in [1.82, 2.24) is 9.21 Å². The summed E-state index contributed by atoms with van der Waals surface area (Å²) in [5.74, 6) is -0.851. The third-order valence-electron chi connectivity index (χ3n) is 6.36. The van der Waals surface area contributed by atoms with Crippen molar-refractivity contribution in [3.8, 4) is 0 Å². The molecular formula is C24H31N3O5S2. The molecule has 0 aliphatic carbocycles. The van der Waals surface area contributed by atoms with E-state index in [-0.39, 0.29) is 4.90 Å². The lowest BCUT2D eigenvalue weighted by Crippen LogP contribution is -2.35. The molecule has 1 fully saturated rings. The number of esters is 1.